The number of fused-ring (bicyclic) bond motifs is 12. The van der Waals surface area contributed by atoms with Crippen LogP contribution in [0.4, 0.5) is 0 Å². The molecule has 0 aliphatic carbocycles. The number of aromatic nitrogens is 4. The molecule has 4 heteroatoms. The van der Waals surface area contributed by atoms with E-state index in [0.29, 0.717) is 6.42 Å². The Morgan fingerprint density at radius 1 is 0.432 bits per heavy atom. The summed E-state index contributed by atoms with van der Waals surface area (Å²) < 4.78 is 4.53. The van der Waals surface area contributed by atoms with E-state index in [9.17, 15) is 0 Å². The van der Waals surface area contributed by atoms with Gasteiger partial charge in [-0.15, -0.1) is 0 Å². The van der Waals surface area contributed by atoms with Gasteiger partial charge in [-0.2, -0.15) is 0 Å². The molecule has 0 amide bonds. The Balaban J connectivity index is 1.41. The lowest BCUT2D eigenvalue weighted by atomic mass is 10.00. The Kier molecular flexibility index (Phi) is 4.10. The number of imidazole rings is 2. The molecule has 4 nitrogen and oxygen atoms in total. The van der Waals surface area contributed by atoms with Gasteiger partial charge >= 0.3 is 0 Å². The average molecular weight is 477 g/mol. The molecule has 176 valence electrons. The first kappa shape index (κ1) is 20.5. The third kappa shape index (κ3) is 2.73. The lowest BCUT2D eigenvalue weighted by molar-refractivity contribution is 0.777. The molecule has 0 aliphatic rings. The summed E-state index contributed by atoms with van der Waals surface area (Å²) in [7, 11) is 4.28. The first-order valence-corrected chi connectivity index (χ1v) is 12.7. The lowest BCUT2D eigenvalue weighted by Gasteiger charge is -2.08. The van der Waals surface area contributed by atoms with Crippen molar-refractivity contribution in [2.45, 2.75) is 6.42 Å². The van der Waals surface area contributed by atoms with Gasteiger partial charge in [-0.3, -0.25) is 0 Å². The van der Waals surface area contributed by atoms with Gasteiger partial charge < -0.3 is 9.13 Å². The van der Waals surface area contributed by atoms with E-state index < -0.39 is 0 Å². The molecule has 2 aromatic heterocycles. The standard InChI is InChI=1S/C33H24N4/c1-36-28(34-30-24-15-7-3-11-20(24)22-13-5-9-17-26(22)32(30)36)19-29-35-31-25-16-8-4-12-21(25)23-14-6-10-18-27(23)33(31)37(29)2/h3-18H,19H2,1-2H3. The van der Waals surface area contributed by atoms with E-state index in [1.165, 1.54) is 54.1 Å². The summed E-state index contributed by atoms with van der Waals surface area (Å²) in [6, 6.07) is 34.5. The fourth-order valence-electron chi connectivity index (χ4n) is 6.24. The number of hydrogen-bond donors (Lipinski definition) is 0. The van der Waals surface area contributed by atoms with Crippen LogP contribution in [0, 0.1) is 0 Å². The van der Waals surface area contributed by atoms with E-state index in [1.807, 2.05) is 0 Å². The van der Waals surface area contributed by atoms with Crippen LogP contribution in [0.1, 0.15) is 11.6 Å². The van der Waals surface area contributed by atoms with Crippen molar-refractivity contribution in [3.05, 3.63) is 109 Å². The van der Waals surface area contributed by atoms with Gasteiger partial charge in [0.25, 0.3) is 0 Å². The Bertz CT molecular complexity index is 2040. The quantitative estimate of drug-likeness (QED) is 0.240. The molecule has 8 aromatic rings. The molecular formula is C33H24N4. The predicted octanol–water partition coefficient (Wildman–Crippen LogP) is 7.66. The molecule has 8 rings (SSSR count). The molecule has 0 atom stereocenters. The molecule has 0 unspecified atom stereocenters. The van der Waals surface area contributed by atoms with Crippen molar-refractivity contribution in [3.8, 4) is 0 Å². The lowest BCUT2D eigenvalue weighted by Crippen LogP contribution is -2.04. The fraction of sp³-hybridized carbons (Fsp3) is 0.0909. The highest BCUT2D eigenvalue weighted by molar-refractivity contribution is 6.24. The molecule has 0 saturated carbocycles. The molecule has 37 heavy (non-hydrogen) atoms. The first-order valence-electron chi connectivity index (χ1n) is 12.7. The van der Waals surface area contributed by atoms with E-state index in [-0.39, 0.29) is 0 Å². The zero-order valence-corrected chi connectivity index (χ0v) is 20.7. The van der Waals surface area contributed by atoms with Crippen molar-refractivity contribution in [2.24, 2.45) is 14.1 Å². The molecule has 0 radical (unpaired) electrons. The van der Waals surface area contributed by atoms with Crippen molar-refractivity contribution >= 4 is 65.2 Å². The Morgan fingerprint density at radius 2 is 0.730 bits per heavy atom. The molecule has 0 aliphatic heterocycles. The zero-order chi connectivity index (χ0) is 24.7. The van der Waals surface area contributed by atoms with Crippen LogP contribution < -0.4 is 0 Å². The number of rotatable bonds is 2. The van der Waals surface area contributed by atoms with Crippen LogP contribution in [-0.4, -0.2) is 19.1 Å². The van der Waals surface area contributed by atoms with Crippen LogP contribution >= 0.6 is 0 Å². The normalized spacial score (nSPS) is 12.2. The van der Waals surface area contributed by atoms with Crippen molar-refractivity contribution in [2.75, 3.05) is 0 Å². The van der Waals surface area contributed by atoms with Crippen molar-refractivity contribution in [3.63, 3.8) is 0 Å². The van der Waals surface area contributed by atoms with Crippen molar-refractivity contribution < 1.29 is 0 Å². The van der Waals surface area contributed by atoms with Gasteiger partial charge in [0.15, 0.2) is 0 Å². The zero-order valence-electron chi connectivity index (χ0n) is 20.7. The summed E-state index contributed by atoms with van der Waals surface area (Å²) >= 11 is 0. The Hall–Kier alpha value is -4.70. The van der Waals surface area contributed by atoms with E-state index in [1.54, 1.807) is 0 Å². The Labute approximate surface area is 213 Å². The van der Waals surface area contributed by atoms with Gasteiger partial charge in [0, 0.05) is 35.6 Å². The van der Waals surface area contributed by atoms with Crippen molar-refractivity contribution in [1.82, 2.24) is 19.1 Å². The van der Waals surface area contributed by atoms with Gasteiger partial charge in [0.05, 0.1) is 28.5 Å². The molecular weight excluding hydrogens is 452 g/mol. The van der Waals surface area contributed by atoms with Crippen LogP contribution in [0.5, 0.6) is 0 Å². The second-order valence-electron chi connectivity index (χ2n) is 9.93. The maximum atomic E-state index is 5.23. The maximum absolute atomic E-state index is 5.23. The van der Waals surface area contributed by atoms with Crippen LogP contribution in [-0.2, 0) is 20.5 Å². The van der Waals surface area contributed by atoms with Crippen LogP contribution in [0.25, 0.3) is 65.2 Å². The third-order valence-electron chi connectivity index (χ3n) is 8.00. The SMILES string of the molecule is Cn1c(Cc2nc3c4ccccc4c4ccccc4c3n2C)nc2c3ccccc3c3ccccc3c21. The molecule has 0 bridgehead atoms. The summed E-state index contributed by atoms with van der Waals surface area (Å²) in [5.41, 5.74) is 4.47. The van der Waals surface area contributed by atoms with Crippen LogP contribution in [0.15, 0.2) is 97.1 Å². The molecule has 0 spiro atoms. The smallest absolute Gasteiger partial charge is 0.117 e. The topological polar surface area (TPSA) is 35.6 Å². The minimum Gasteiger partial charge on any atom is -0.330 e. The van der Waals surface area contributed by atoms with E-state index in [2.05, 4.69) is 120 Å². The minimum atomic E-state index is 0.654. The molecule has 0 saturated heterocycles. The second-order valence-corrected chi connectivity index (χ2v) is 9.93. The van der Waals surface area contributed by atoms with Crippen LogP contribution in [0.2, 0.25) is 0 Å². The molecule has 6 aromatic carbocycles. The monoisotopic (exact) mass is 476 g/mol. The minimum absolute atomic E-state index is 0.654. The summed E-state index contributed by atoms with van der Waals surface area (Å²) in [4.78, 5) is 10.5. The maximum Gasteiger partial charge on any atom is 0.117 e. The summed E-state index contributed by atoms with van der Waals surface area (Å²) in [5, 5.41) is 9.88. The highest BCUT2D eigenvalue weighted by atomic mass is 15.1. The van der Waals surface area contributed by atoms with Crippen molar-refractivity contribution in [1.29, 1.82) is 0 Å². The Morgan fingerprint density at radius 3 is 1.11 bits per heavy atom. The number of nitrogens with zero attached hydrogens (tertiary/aromatic N) is 4. The van der Waals surface area contributed by atoms with E-state index >= 15 is 0 Å². The third-order valence-corrected chi connectivity index (χ3v) is 8.00. The first-order chi connectivity index (χ1) is 18.2. The van der Waals surface area contributed by atoms with Gasteiger partial charge in [0.1, 0.15) is 11.6 Å². The number of aryl methyl sites for hydroxylation is 2. The summed E-state index contributed by atoms with van der Waals surface area (Å²) in [5.74, 6) is 2.03. The summed E-state index contributed by atoms with van der Waals surface area (Å²) in [6.07, 6.45) is 0.654. The number of hydrogen-bond acceptors (Lipinski definition) is 2. The largest absolute Gasteiger partial charge is 0.330 e. The number of benzene rings is 6. The molecule has 2 heterocycles. The van der Waals surface area contributed by atoms with Gasteiger partial charge in [0.2, 0.25) is 0 Å². The molecule has 0 fully saturated rings. The fourth-order valence-corrected chi connectivity index (χ4v) is 6.24. The van der Waals surface area contributed by atoms with Gasteiger partial charge in [-0.25, -0.2) is 9.97 Å². The van der Waals surface area contributed by atoms with E-state index in [4.69, 9.17) is 9.97 Å². The van der Waals surface area contributed by atoms with E-state index in [0.717, 1.165) is 22.7 Å². The summed E-state index contributed by atoms with van der Waals surface area (Å²) in [6.45, 7) is 0. The van der Waals surface area contributed by atoms with Gasteiger partial charge in [-0.05, 0) is 21.5 Å². The second kappa shape index (κ2) is 7.40. The predicted molar refractivity (Wildman–Crippen MR) is 154 cm³/mol. The molecule has 0 N–H and O–H groups in total. The average Bonchev–Trinajstić information content (AvgIpc) is 3.46. The highest BCUT2D eigenvalue weighted by Gasteiger charge is 2.20. The van der Waals surface area contributed by atoms with Crippen LogP contribution in [0.3, 0.4) is 0 Å². The highest BCUT2D eigenvalue weighted by Crippen LogP contribution is 2.37. The van der Waals surface area contributed by atoms with Gasteiger partial charge in [-0.1, -0.05) is 97.1 Å².